The summed E-state index contributed by atoms with van der Waals surface area (Å²) in [7, 11) is -7.31. The maximum atomic E-state index is 13.2. The summed E-state index contributed by atoms with van der Waals surface area (Å²) in [6.45, 7) is 6.77. The molecular weight excluding hydrogens is 400 g/mol. The molecule has 0 unspecified atom stereocenters. The molecule has 1 aliphatic heterocycles. The maximum absolute atomic E-state index is 13.2. The van der Waals surface area contributed by atoms with Crippen LogP contribution in [0.25, 0.3) is 10.9 Å². The average Bonchev–Trinajstić information content (AvgIpc) is 2.69. The lowest BCUT2D eigenvalue weighted by atomic mass is 10.1. The molecule has 0 saturated carbocycles. The van der Waals surface area contributed by atoms with E-state index < -0.39 is 20.2 Å². The quantitative estimate of drug-likeness (QED) is 0.697. The monoisotopic (exact) mass is 426 g/mol. The smallest absolute Gasteiger partial charge is 0.256 e. The molecule has 3 rings (SSSR count). The number of fused-ring (bicyclic) bond motifs is 1. The summed E-state index contributed by atoms with van der Waals surface area (Å²) in [6, 6.07) is 6.83. The van der Waals surface area contributed by atoms with E-state index in [0.29, 0.717) is 24.0 Å². The second kappa shape index (κ2) is 8.03. The lowest BCUT2D eigenvalue weighted by Gasteiger charge is -2.35. The largest absolute Gasteiger partial charge is 0.282 e. The summed E-state index contributed by atoms with van der Waals surface area (Å²) in [5.41, 5.74) is 1.57. The Morgan fingerprint density at radius 3 is 2.18 bits per heavy atom. The first kappa shape index (κ1) is 21.1. The van der Waals surface area contributed by atoms with Crippen molar-refractivity contribution in [2.24, 2.45) is 0 Å². The van der Waals surface area contributed by atoms with E-state index in [1.165, 1.54) is 12.9 Å². The van der Waals surface area contributed by atoms with Crippen molar-refractivity contribution in [1.29, 1.82) is 0 Å². The molecule has 8 nitrogen and oxygen atoms in total. The Bertz CT molecular complexity index is 1060. The van der Waals surface area contributed by atoms with Gasteiger partial charge in [0.15, 0.2) is 0 Å². The molecule has 2 aromatic rings. The number of hydrogen-bond donors (Lipinski definition) is 0. The van der Waals surface area contributed by atoms with Gasteiger partial charge in [-0.25, -0.2) is 8.42 Å². The van der Waals surface area contributed by atoms with Crippen LogP contribution in [0.3, 0.4) is 0 Å². The summed E-state index contributed by atoms with van der Waals surface area (Å²) < 4.78 is 55.9. The molecule has 154 valence electrons. The molecule has 0 aliphatic carbocycles. The van der Waals surface area contributed by atoms with Crippen molar-refractivity contribution >= 4 is 31.1 Å². The van der Waals surface area contributed by atoms with Crippen LogP contribution in [0.15, 0.2) is 35.4 Å². The zero-order chi connectivity index (χ0) is 20.5. The minimum atomic E-state index is -3.75. The molecule has 0 radical (unpaired) electrons. The number of aromatic nitrogens is 1. The molecule has 0 atom stereocenters. The van der Waals surface area contributed by atoms with Crippen LogP contribution in [-0.4, -0.2) is 74.0 Å². The Balaban J connectivity index is 1.86. The van der Waals surface area contributed by atoms with Gasteiger partial charge in [0.05, 0.1) is 10.4 Å². The molecule has 1 aromatic heterocycles. The third kappa shape index (κ3) is 3.67. The van der Waals surface area contributed by atoms with Gasteiger partial charge < -0.3 is 0 Å². The second-order valence-corrected chi connectivity index (χ2v) is 10.5. The van der Waals surface area contributed by atoms with Gasteiger partial charge in [-0.15, -0.1) is 0 Å². The van der Waals surface area contributed by atoms with Gasteiger partial charge >= 0.3 is 0 Å². The molecular formula is C18H26N4O4S2. The van der Waals surface area contributed by atoms with E-state index in [-0.39, 0.29) is 31.1 Å². The Kier molecular flexibility index (Phi) is 6.06. The number of aryl methyl sites for hydroxylation is 1. The highest BCUT2D eigenvalue weighted by molar-refractivity contribution is 7.89. The summed E-state index contributed by atoms with van der Waals surface area (Å²) in [4.78, 5) is 4.52. The first-order valence-corrected chi connectivity index (χ1v) is 12.2. The first-order chi connectivity index (χ1) is 13.2. The molecule has 2 heterocycles. The number of hydrogen-bond acceptors (Lipinski definition) is 5. The number of rotatable bonds is 6. The van der Waals surface area contributed by atoms with Gasteiger partial charge in [0, 0.05) is 50.9 Å². The fraction of sp³-hybridized carbons (Fsp3) is 0.500. The number of pyridine rings is 1. The van der Waals surface area contributed by atoms with Crippen LogP contribution in [-0.2, 0) is 20.2 Å². The van der Waals surface area contributed by atoms with E-state index in [1.54, 1.807) is 44.3 Å². The third-order valence-corrected chi connectivity index (χ3v) is 9.25. The summed E-state index contributed by atoms with van der Waals surface area (Å²) in [5.74, 6) is 0. The van der Waals surface area contributed by atoms with Crippen LogP contribution in [0, 0.1) is 6.92 Å². The predicted molar refractivity (Wildman–Crippen MR) is 109 cm³/mol. The third-order valence-electron chi connectivity index (χ3n) is 5.10. The first-order valence-electron chi connectivity index (χ1n) is 9.33. The van der Waals surface area contributed by atoms with E-state index >= 15 is 0 Å². The highest BCUT2D eigenvalue weighted by Gasteiger charge is 2.35. The predicted octanol–water partition coefficient (Wildman–Crippen LogP) is 1.44. The standard InChI is InChI=1S/C18H26N4O4S2/c1-4-20(5-2)28(25,26)22-13-11-21(12-14-22)27(23,24)17-9-8-15(3)18-16(17)7-6-10-19-18/h6-10H,4-5,11-14H2,1-3H3. The van der Waals surface area contributed by atoms with Crippen LogP contribution in [0.1, 0.15) is 19.4 Å². The molecule has 0 amide bonds. The minimum absolute atomic E-state index is 0.123. The number of nitrogens with zero attached hydrogens (tertiary/aromatic N) is 4. The van der Waals surface area contributed by atoms with Crippen LogP contribution in [0.4, 0.5) is 0 Å². The zero-order valence-corrected chi connectivity index (χ0v) is 18.0. The Morgan fingerprint density at radius 2 is 1.57 bits per heavy atom. The van der Waals surface area contributed by atoms with Gasteiger partial charge in [0.1, 0.15) is 0 Å². The Labute approximate surface area is 167 Å². The molecule has 10 heteroatoms. The maximum Gasteiger partial charge on any atom is 0.282 e. The summed E-state index contributed by atoms with van der Waals surface area (Å²) in [6.07, 6.45) is 1.64. The molecule has 1 aromatic carbocycles. The van der Waals surface area contributed by atoms with E-state index in [4.69, 9.17) is 0 Å². The molecule has 28 heavy (non-hydrogen) atoms. The molecule has 0 spiro atoms. The topological polar surface area (TPSA) is 90.9 Å². The average molecular weight is 427 g/mol. The summed E-state index contributed by atoms with van der Waals surface area (Å²) in [5, 5.41) is 0.584. The van der Waals surface area contributed by atoms with Gasteiger partial charge in [0.2, 0.25) is 10.0 Å². The fourth-order valence-corrected chi connectivity index (χ4v) is 6.71. The molecule has 1 saturated heterocycles. The van der Waals surface area contributed by atoms with Gasteiger partial charge in [-0.1, -0.05) is 19.9 Å². The van der Waals surface area contributed by atoms with Gasteiger partial charge in [0.25, 0.3) is 10.2 Å². The second-order valence-electron chi connectivity index (χ2n) is 6.68. The normalized spacial score (nSPS) is 17.4. The zero-order valence-electron chi connectivity index (χ0n) is 16.4. The minimum Gasteiger partial charge on any atom is -0.256 e. The Morgan fingerprint density at radius 1 is 0.964 bits per heavy atom. The van der Waals surface area contributed by atoms with E-state index in [0.717, 1.165) is 5.56 Å². The molecule has 0 N–H and O–H groups in total. The van der Waals surface area contributed by atoms with E-state index in [2.05, 4.69) is 4.98 Å². The lowest BCUT2D eigenvalue weighted by molar-refractivity contribution is 0.256. The van der Waals surface area contributed by atoms with Gasteiger partial charge in [-0.2, -0.15) is 21.3 Å². The van der Waals surface area contributed by atoms with Crippen LogP contribution >= 0.6 is 0 Å². The highest BCUT2D eigenvalue weighted by Crippen LogP contribution is 2.27. The summed E-state index contributed by atoms with van der Waals surface area (Å²) >= 11 is 0. The van der Waals surface area contributed by atoms with Crippen LogP contribution < -0.4 is 0 Å². The SMILES string of the molecule is CCN(CC)S(=O)(=O)N1CCN(S(=O)(=O)c2ccc(C)c3ncccc23)CC1. The van der Waals surface area contributed by atoms with Gasteiger partial charge in [-0.3, -0.25) is 4.98 Å². The molecule has 1 aliphatic rings. The van der Waals surface area contributed by atoms with E-state index in [1.807, 2.05) is 6.92 Å². The number of piperazine rings is 1. The highest BCUT2D eigenvalue weighted by atomic mass is 32.2. The van der Waals surface area contributed by atoms with Crippen molar-refractivity contribution in [2.75, 3.05) is 39.3 Å². The van der Waals surface area contributed by atoms with Crippen molar-refractivity contribution in [3.8, 4) is 0 Å². The van der Waals surface area contributed by atoms with Crippen molar-refractivity contribution in [1.82, 2.24) is 17.9 Å². The lowest BCUT2D eigenvalue weighted by Crippen LogP contribution is -2.54. The van der Waals surface area contributed by atoms with Crippen LogP contribution in [0.5, 0.6) is 0 Å². The van der Waals surface area contributed by atoms with Gasteiger partial charge in [-0.05, 0) is 30.7 Å². The van der Waals surface area contributed by atoms with Crippen molar-refractivity contribution in [3.63, 3.8) is 0 Å². The Hall–Kier alpha value is -1.59. The van der Waals surface area contributed by atoms with E-state index in [9.17, 15) is 16.8 Å². The molecule has 0 bridgehead atoms. The molecule has 1 fully saturated rings. The van der Waals surface area contributed by atoms with Crippen molar-refractivity contribution in [2.45, 2.75) is 25.7 Å². The van der Waals surface area contributed by atoms with Crippen molar-refractivity contribution < 1.29 is 16.8 Å². The fourth-order valence-electron chi connectivity index (χ4n) is 3.51. The number of sulfonamides is 1. The number of benzene rings is 1. The van der Waals surface area contributed by atoms with Crippen LogP contribution in [0.2, 0.25) is 0 Å². The van der Waals surface area contributed by atoms with Crippen molar-refractivity contribution in [3.05, 3.63) is 36.0 Å².